The molecule has 12 heavy (non-hydrogen) atoms. The van der Waals surface area contributed by atoms with Gasteiger partial charge in [-0.2, -0.15) is 0 Å². The zero-order valence-corrected chi connectivity index (χ0v) is 7.20. The van der Waals surface area contributed by atoms with E-state index < -0.39 is 5.97 Å². The molecule has 2 N–H and O–H groups in total. The number of aliphatic carboxylic acids is 1. The van der Waals surface area contributed by atoms with E-state index in [1.54, 1.807) is 6.08 Å². The summed E-state index contributed by atoms with van der Waals surface area (Å²) < 4.78 is 0. The summed E-state index contributed by atoms with van der Waals surface area (Å²) in [5.74, 6) is -0.721. The van der Waals surface area contributed by atoms with Crippen LogP contribution in [0.2, 0.25) is 0 Å². The molecule has 0 radical (unpaired) electrons. The molecule has 0 spiro atoms. The van der Waals surface area contributed by atoms with Crippen molar-refractivity contribution < 1.29 is 15.0 Å². The molecule has 3 heteroatoms. The first-order chi connectivity index (χ1) is 5.77. The van der Waals surface area contributed by atoms with E-state index in [4.69, 9.17) is 10.2 Å². The first-order valence-electron chi connectivity index (χ1n) is 4.25. The number of allylic oxidation sites excluding steroid dienone is 1. The molecule has 0 aromatic carbocycles. The Morgan fingerprint density at radius 1 is 1.17 bits per heavy atom. The summed E-state index contributed by atoms with van der Waals surface area (Å²) in [7, 11) is 0. The van der Waals surface area contributed by atoms with Gasteiger partial charge in [0.15, 0.2) is 0 Å². The molecule has 0 saturated carbocycles. The smallest absolute Gasteiger partial charge is 0.303 e. The van der Waals surface area contributed by atoms with Gasteiger partial charge < -0.3 is 10.2 Å². The van der Waals surface area contributed by atoms with E-state index in [0.29, 0.717) is 0 Å². The van der Waals surface area contributed by atoms with Gasteiger partial charge in [-0.15, -0.1) is 0 Å². The average Bonchev–Trinajstić information content (AvgIpc) is 2.02. The van der Waals surface area contributed by atoms with E-state index in [0.717, 1.165) is 25.7 Å². The molecule has 0 fully saturated rings. The molecule has 0 aromatic heterocycles. The highest BCUT2D eigenvalue weighted by Crippen LogP contribution is 2.03. The van der Waals surface area contributed by atoms with Crippen LogP contribution in [0, 0.1) is 0 Å². The monoisotopic (exact) mass is 172 g/mol. The lowest BCUT2D eigenvalue weighted by Crippen LogP contribution is -1.93. The second-order valence-corrected chi connectivity index (χ2v) is 2.65. The predicted octanol–water partition coefficient (Wildman–Crippen LogP) is 1.57. The van der Waals surface area contributed by atoms with Crippen molar-refractivity contribution in [2.45, 2.75) is 32.1 Å². The van der Waals surface area contributed by atoms with Gasteiger partial charge in [0.05, 0.1) is 6.61 Å². The minimum absolute atomic E-state index is 0.0924. The van der Waals surface area contributed by atoms with Crippen LogP contribution in [0.15, 0.2) is 12.2 Å². The second-order valence-electron chi connectivity index (χ2n) is 2.65. The number of aliphatic hydroxyl groups excluding tert-OH is 1. The van der Waals surface area contributed by atoms with Gasteiger partial charge >= 0.3 is 5.97 Å². The quantitative estimate of drug-likeness (QED) is 0.452. The largest absolute Gasteiger partial charge is 0.481 e. The van der Waals surface area contributed by atoms with E-state index in [1.165, 1.54) is 0 Å². The number of aliphatic hydroxyl groups is 1. The Kier molecular flexibility index (Phi) is 7.70. The summed E-state index contributed by atoms with van der Waals surface area (Å²) in [6.07, 6.45) is 7.52. The molecule has 0 aliphatic carbocycles. The maximum atomic E-state index is 10.1. The molecular weight excluding hydrogens is 156 g/mol. The lowest BCUT2D eigenvalue weighted by atomic mass is 10.1. The Hall–Kier alpha value is -0.830. The zero-order chi connectivity index (χ0) is 9.23. The third kappa shape index (κ3) is 9.17. The summed E-state index contributed by atoms with van der Waals surface area (Å²) in [6, 6.07) is 0. The number of carboxylic acids is 1. The highest BCUT2D eigenvalue weighted by Gasteiger charge is 1.94. The standard InChI is InChI=1S/C9H16O3/c10-8-6-4-2-1-3-5-7-9(11)12/h4,6,10H,1-3,5,7-8H2,(H,11,12)/b6-4+. The Morgan fingerprint density at radius 3 is 2.50 bits per heavy atom. The van der Waals surface area contributed by atoms with Crippen molar-refractivity contribution in [1.29, 1.82) is 0 Å². The molecule has 0 atom stereocenters. The van der Waals surface area contributed by atoms with E-state index in [9.17, 15) is 4.79 Å². The molecule has 0 unspecified atom stereocenters. The van der Waals surface area contributed by atoms with Crippen LogP contribution in [-0.4, -0.2) is 22.8 Å². The Balaban J connectivity index is 3.00. The number of hydrogen-bond acceptors (Lipinski definition) is 2. The van der Waals surface area contributed by atoms with Crippen LogP contribution in [-0.2, 0) is 4.79 Å². The van der Waals surface area contributed by atoms with Gasteiger partial charge in [-0.05, 0) is 19.3 Å². The number of carboxylic acid groups (broad SMARTS) is 1. The fraction of sp³-hybridized carbons (Fsp3) is 0.667. The topological polar surface area (TPSA) is 57.5 Å². The highest BCUT2D eigenvalue weighted by atomic mass is 16.4. The van der Waals surface area contributed by atoms with Gasteiger partial charge in [0.2, 0.25) is 0 Å². The second kappa shape index (κ2) is 8.27. The lowest BCUT2D eigenvalue weighted by molar-refractivity contribution is -0.137. The van der Waals surface area contributed by atoms with Crippen molar-refractivity contribution in [3.8, 4) is 0 Å². The Morgan fingerprint density at radius 2 is 1.92 bits per heavy atom. The Bertz CT molecular complexity index is 141. The van der Waals surface area contributed by atoms with Gasteiger partial charge in [0, 0.05) is 6.42 Å². The van der Waals surface area contributed by atoms with Gasteiger partial charge in [0.25, 0.3) is 0 Å². The molecule has 70 valence electrons. The zero-order valence-electron chi connectivity index (χ0n) is 7.20. The normalized spacial score (nSPS) is 10.8. The van der Waals surface area contributed by atoms with Crippen LogP contribution >= 0.6 is 0 Å². The molecule has 0 amide bonds. The molecule has 3 nitrogen and oxygen atoms in total. The number of hydrogen-bond donors (Lipinski definition) is 2. The molecule has 0 bridgehead atoms. The van der Waals surface area contributed by atoms with Crippen LogP contribution in [0.3, 0.4) is 0 Å². The fourth-order valence-corrected chi connectivity index (χ4v) is 0.908. The van der Waals surface area contributed by atoms with E-state index in [-0.39, 0.29) is 13.0 Å². The minimum Gasteiger partial charge on any atom is -0.481 e. The summed E-state index contributed by atoms with van der Waals surface area (Å²) in [5, 5.41) is 16.7. The summed E-state index contributed by atoms with van der Waals surface area (Å²) in [6.45, 7) is 0.0924. The maximum Gasteiger partial charge on any atom is 0.303 e. The highest BCUT2D eigenvalue weighted by molar-refractivity contribution is 5.66. The number of rotatable bonds is 7. The van der Waals surface area contributed by atoms with E-state index in [1.807, 2.05) is 6.08 Å². The first kappa shape index (κ1) is 11.2. The van der Waals surface area contributed by atoms with Crippen molar-refractivity contribution in [3.05, 3.63) is 12.2 Å². The van der Waals surface area contributed by atoms with Gasteiger partial charge in [-0.1, -0.05) is 18.6 Å². The molecule has 0 saturated heterocycles. The molecular formula is C9H16O3. The Labute approximate surface area is 72.7 Å². The van der Waals surface area contributed by atoms with Gasteiger partial charge in [0.1, 0.15) is 0 Å². The van der Waals surface area contributed by atoms with Crippen molar-refractivity contribution >= 4 is 5.97 Å². The fourth-order valence-electron chi connectivity index (χ4n) is 0.908. The summed E-state index contributed by atoms with van der Waals surface area (Å²) in [5.41, 5.74) is 0. The lowest BCUT2D eigenvalue weighted by Gasteiger charge is -1.94. The third-order valence-corrected chi connectivity index (χ3v) is 1.53. The van der Waals surface area contributed by atoms with Crippen LogP contribution < -0.4 is 0 Å². The number of carbonyl (C=O) groups is 1. The molecule has 0 aliphatic heterocycles. The third-order valence-electron chi connectivity index (χ3n) is 1.53. The van der Waals surface area contributed by atoms with E-state index >= 15 is 0 Å². The SMILES string of the molecule is O=C(O)CCCCC/C=C/CO. The average molecular weight is 172 g/mol. The van der Waals surface area contributed by atoms with E-state index in [2.05, 4.69) is 0 Å². The maximum absolute atomic E-state index is 10.1. The minimum atomic E-state index is -0.721. The molecule has 0 aliphatic rings. The van der Waals surface area contributed by atoms with Crippen LogP contribution in [0.1, 0.15) is 32.1 Å². The summed E-state index contributed by atoms with van der Waals surface area (Å²) >= 11 is 0. The van der Waals surface area contributed by atoms with Crippen LogP contribution in [0.5, 0.6) is 0 Å². The van der Waals surface area contributed by atoms with Gasteiger partial charge in [-0.3, -0.25) is 4.79 Å². The van der Waals surface area contributed by atoms with Crippen LogP contribution in [0.4, 0.5) is 0 Å². The van der Waals surface area contributed by atoms with Crippen molar-refractivity contribution in [1.82, 2.24) is 0 Å². The van der Waals surface area contributed by atoms with Crippen molar-refractivity contribution in [2.24, 2.45) is 0 Å². The molecule has 0 heterocycles. The number of unbranched alkanes of at least 4 members (excludes halogenated alkanes) is 3. The van der Waals surface area contributed by atoms with Gasteiger partial charge in [-0.25, -0.2) is 0 Å². The molecule has 0 aromatic rings. The van der Waals surface area contributed by atoms with Crippen molar-refractivity contribution in [3.63, 3.8) is 0 Å². The molecule has 0 rings (SSSR count). The van der Waals surface area contributed by atoms with Crippen LogP contribution in [0.25, 0.3) is 0 Å². The first-order valence-corrected chi connectivity index (χ1v) is 4.25. The van der Waals surface area contributed by atoms with Crippen molar-refractivity contribution in [2.75, 3.05) is 6.61 Å². The summed E-state index contributed by atoms with van der Waals surface area (Å²) in [4.78, 5) is 10.1. The predicted molar refractivity (Wildman–Crippen MR) is 46.9 cm³/mol.